The van der Waals surface area contributed by atoms with Gasteiger partial charge in [0.05, 0.1) is 12.6 Å². The Labute approximate surface area is 129 Å². The third kappa shape index (κ3) is 3.51. The third-order valence-electron chi connectivity index (χ3n) is 4.07. The zero-order chi connectivity index (χ0) is 15.4. The van der Waals surface area contributed by atoms with Gasteiger partial charge in [-0.2, -0.15) is 0 Å². The molecule has 1 aliphatic rings. The van der Waals surface area contributed by atoms with E-state index in [2.05, 4.69) is 34.5 Å². The van der Waals surface area contributed by atoms with Crippen LogP contribution in [0.3, 0.4) is 0 Å². The van der Waals surface area contributed by atoms with E-state index in [0.29, 0.717) is 0 Å². The fourth-order valence-electron chi connectivity index (χ4n) is 2.99. The Kier molecular flexibility index (Phi) is 4.80. The van der Waals surface area contributed by atoms with Crippen LogP contribution in [0.1, 0.15) is 17.2 Å². The van der Waals surface area contributed by atoms with Gasteiger partial charge in [0.15, 0.2) is 0 Å². The Morgan fingerprint density at radius 3 is 1.86 bits per heavy atom. The van der Waals surface area contributed by atoms with Crippen molar-refractivity contribution in [2.24, 2.45) is 0 Å². The first kappa shape index (κ1) is 15.1. The van der Waals surface area contributed by atoms with Crippen LogP contribution in [0.2, 0.25) is 0 Å². The number of halogens is 2. The minimum Gasteiger partial charge on any atom is -0.306 e. The maximum absolute atomic E-state index is 12.3. The van der Waals surface area contributed by atoms with E-state index in [1.165, 1.54) is 11.1 Å². The van der Waals surface area contributed by atoms with E-state index in [9.17, 15) is 8.78 Å². The van der Waals surface area contributed by atoms with Gasteiger partial charge in [0, 0.05) is 19.1 Å². The molecule has 116 valence electrons. The lowest BCUT2D eigenvalue weighted by molar-refractivity contribution is 0.0734. The molecule has 1 aliphatic heterocycles. The highest BCUT2D eigenvalue weighted by Gasteiger charge is 2.33. The summed E-state index contributed by atoms with van der Waals surface area (Å²) in [6.45, 7) is 1.36. The van der Waals surface area contributed by atoms with Crippen molar-refractivity contribution in [1.82, 2.24) is 10.2 Å². The maximum Gasteiger partial charge on any atom is 0.250 e. The highest BCUT2D eigenvalue weighted by molar-refractivity contribution is 5.32. The summed E-state index contributed by atoms with van der Waals surface area (Å²) in [6, 6.07) is 21.0. The van der Waals surface area contributed by atoms with E-state index in [-0.39, 0.29) is 18.6 Å². The monoisotopic (exact) mass is 302 g/mol. The first-order chi connectivity index (χ1) is 10.7. The molecule has 1 fully saturated rings. The van der Waals surface area contributed by atoms with Crippen molar-refractivity contribution in [3.05, 3.63) is 71.8 Å². The molecule has 0 bridgehead atoms. The van der Waals surface area contributed by atoms with E-state index >= 15 is 0 Å². The second-order valence-corrected chi connectivity index (χ2v) is 5.67. The second-order valence-electron chi connectivity index (χ2n) is 5.67. The number of nitrogens with one attached hydrogen (secondary N) is 1. The van der Waals surface area contributed by atoms with E-state index < -0.39 is 6.43 Å². The van der Waals surface area contributed by atoms with Gasteiger partial charge in [0.2, 0.25) is 0 Å². The first-order valence-corrected chi connectivity index (χ1v) is 7.59. The topological polar surface area (TPSA) is 15.3 Å². The quantitative estimate of drug-likeness (QED) is 0.880. The van der Waals surface area contributed by atoms with Crippen molar-refractivity contribution in [3.63, 3.8) is 0 Å². The maximum atomic E-state index is 12.3. The van der Waals surface area contributed by atoms with Gasteiger partial charge in [-0.25, -0.2) is 8.78 Å². The highest BCUT2D eigenvalue weighted by atomic mass is 19.3. The smallest absolute Gasteiger partial charge is 0.250 e. The molecule has 0 saturated carbocycles. The van der Waals surface area contributed by atoms with Crippen LogP contribution in [0.4, 0.5) is 8.78 Å². The molecule has 2 nitrogen and oxygen atoms in total. The molecule has 0 aliphatic carbocycles. The summed E-state index contributed by atoms with van der Waals surface area (Å²) in [7, 11) is 0. The zero-order valence-electron chi connectivity index (χ0n) is 12.3. The molecule has 0 aromatic heterocycles. The van der Waals surface area contributed by atoms with Gasteiger partial charge in [0.25, 0.3) is 6.43 Å². The number of benzene rings is 2. The molecule has 0 atom stereocenters. The number of hydrogen-bond acceptors (Lipinski definition) is 2. The summed E-state index contributed by atoms with van der Waals surface area (Å²) in [5.41, 5.74) is 2.47. The molecule has 0 amide bonds. The lowest BCUT2D eigenvalue weighted by Crippen LogP contribution is -2.59. The molecule has 3 rings (SSSR count). The number of hydrogen-bond donors (Lipinski definition) is 1. The SMILES string of the molecule is FC(F)CNC1CN(C(c2ccccc2)c2ccccc2)C1. The number of likely N-dealkylation sites (tertiary alicyclic amines) is 1. The van der Waals surface area contributed by atoms with E-state index in [4.69, 9.17) is 0 Å². The molecular formula is C18H20F2N2. The van der Waals surface area contributed by atoms with Crippen LogP contribution >= 0.6 is 0 Å². The molecule has 1 heterocycles. The van der Waals surface area contributed by atoms with E-state index in [0.717, 1.165) is 13.1 Å². The van der Waals surface area contributed by atoms with Crippen LogP contribution in [0, 0.1) is 0 Å². The molecule has 0 unspecified atom stereocenters. The van der Waals surface area contributed by atoms with Crippen molar-refractivity contribution < 1.29 is 8.78 Å². The lowest BCUT2D eigenvalue weighted by atomic mass is 9.93. The van der Waals surface area contributed by atoms with Crippen LogP contribution < -0.4 is 5.32 Å². The molecule has 2 aromatic carbocycles. The largest absolute Gasteiger partial charge is 0.306 e. The van der Waals surface area contributed by atoms with Crippen molar-refractivity contribution in [2.75, 3.05) is 19.6 Å². The molecular weight excluding hydrogens is 282 g/mol. The van der Waals surface area contributed by atoms with Crippen LogP contribution in [-0.4, -0.2) is 37.0 Å². The average Bonchev–Trinajstić information content (AvgIpc) is 2.51. The fraction of sp³-hybridized carbons (Fsp3) is 0.333. The number of nitrogens with zero attached hydrogens (tertiary/aromatic N) is 1. The fourth-order valence-corrected chi connectivity index (χ4v) is 2.99. The first-order valence-electron chi connectivity index (χ1n) is 7.59. The Hall–Kier alpha value is -1.78. The summed E-state index contributed by atoms with van der Waals surface area (Å²) in [5.74, 6) is 0. The molecule has 1 N–H and O–H groups in total. The van der Waals surface area contributed by atoms with Gasteiger partial charge >= 0.3 is 0 Å². The van der Waals surface area contributed by atoms with Crippen molar-refractivity contribution in [3.8, 4) is 0 Å². The Morgan fingerprint density at radius 2 is 1.41 bits per heavy atom. The summed E-state index contributed by atoms with van der Waals surface area (Å²) in [4.78, 5) is 2.33. The molecule has 4 heteroatoms. The summed E-state index contributed by atoms with van der Waals surface area (Å²) in [6.07, 6.45) is -2.28. The van der Waals surface area contributed by atoms with Crippen LogP contribution in [0.5, 0.6) is 0 Å². The molecule has 2 aromatic rings. The lowest BCUT2D eigenvalue weighted by Gasteiger charge is -2.45. The molecule has 0 spiro atoms. The van der Waals surface area contributed by atoms with Crippen molar-refractivity contribution >= 4 is 0 Å². The Morgan fingerprint density at radius 1 is 0.909 bits per heavy atom. The number of rotatable bonds is 6. The van der Waals surface area contributed by atoms with E-state index in [1.54, 1.807) is 0 Å². The van der Waals surface area contributed by atoms with Gasteiger partial charge in [0.1, 0.15) is 0 Å². The van der Waals surface area contributed by atoms with Crippen LogP contribution in [-0.2, 0) is 0 Å². The summed E-state index contributed by atoms with van der Waals surface area (Å²) >= 11 is 0. The molecule has 22 heavy (non-hydrogen) atoms. The molecule has 0 radical (unpaired) electrons. The standard InChI is InChI=1S/C18H20F2N2/c19-17(20)11-21-16-12-22(13-16)18(14-7-3-1-4-8-14)15-9-5-2-6-10-15/h1-10,16-18,21H,11-13H2. The minimum absolute atomic E-state index is 0.156. The summed E-state index contributed by atoms with van der Waals surface area (Å²) < 4.78 is 24.5. The molecule has 1 saturated heterocycles. The minimum atomic E-state index is -2.28. The third-order valence-corrected chi connectivity index (χ3v) is 4.07. The zero-order valence-corrected chi connectivity index (χ0v) is 12.3. The van der Waals surface area contributed by atoms with Gasteiger partial charge in [-0.1, -0.05) is 60.7 Å². The predicted molar refractivity (Wildman–Crippen MR) is 84.1 cm³/mol. The Balaban J connectivity index is 1.72. The van der Waals surface area contributed by atoms with Crippen molar-refractivity contribution in [2.45, 2.75) is 18.5 Å². The van der Waals surface area contributed by atoms with Crippen LogP contribution in [0.15, 0.2) is 60.7 Å². The van der Waals surface area contributed by atoms with Gasteiger partial charge in [-0.05, 0) is 11.1 Å². The number of alkyl halides is 2. The van der Waals surface area contributed by atoms with Crippen molar-refractivity contribution in [1.29, 1.82) is 0 Å². The average molecular weight is 302 g/mol. The summed E-state index contributed by atoms with van der Waals surface area (Å²) in [5, 5.41) is 2.91. The van der Waals surface area contributed by atoms with Gasteiger partial charge in [-0.15, -0.1) is 0 Å². The highest BCUT2D eigenvalue weighted by Crippen LogP contribution is 2.32. The van der Waals surface area contributed by atoms with Gasteiger partial charge in [-0.3, -0.25) is 4.90 Å². The Bertz CT molecular complexity index is 529. The van der Waals surface area contributed by atoms with Gasteiger partial charge < -0.3 is 5.32 Å². The van der Waals surface area contributed by atoms with Crippen LogP contribution in [0.25, 0.3) is 0 Å². The van der Waals surface area contributed by atoms with E-state index in [1.807, 2.05) is 36.4 Å². The normalized spacial score (nSPS) is 16.2. The predicted octanol–water partition coefficient (Wildman–Crippen LogP) is 3.31. The second kappa shape index (κ2) is 6.99.